The smallest absolute Gasteiger partial charge is 0.325 e. The third-order valence-corrected chi connectivity index (χ3v) is 2.07. The molecule has 17 heavy (non-hydrogen) atoms. The van der Waals surface area contributed by atoms with Crippen LogP contribution in [0.15, 0.2) is 0 Å². The Balaban J connectivity index is 2.06. The van der Waals surface area contributed by atoms with Gasteiger partial charge in [0.05, 0.1) is 32.5 Å². The van der Waals surface area contributed by atoms with Gasteiger partial charge in [-0.25, -0.2) is 4.79 Å². The second kappa shape index (κ2) is 7.86. The first kappa shape index (κ1) is 13.7. The molecule has 0 aromatic rings. The predicted molar refractivity (Wildman–Crippen MR) is 58.6 cm³/mol. The van der Waals surface area contributed by atoms with E-state index in [1.807, 2.05) is 0 Å². The van der Waals surface area contributed by atoms with E-state index >= 15 is 0 Å². The highest BCUT2D eigenvalue weighted by Crippen LogP contribution is 1.98. The Morgan fingerprint density at radius 1 is 1.35 bits per heavy atom. The molecule has 1 aliphatic heterocycles. The van der Waals surface area contributed by atoms with Crippen molar-refractivity contribution in [3.05, 3.63) is 0 Å². The van der Waals surface area contributed by atoms with Crippen molar-refractivity contribution in [2.45, 2.75) is 13.0 Å². The Kier molecular flexibility index (Phi) is 6.34. The van der Waals surface area contributed by atoms with E-state index in [-0.39, 0.29) is 12.6 Å². The molecule has 0 spiro atoms. The Morgan fingerprint density at radius 3 is 2.82 bits per heavy atom. The van der Waals surface area contributed by atoms with E-state index in [0.29, 0.717) is 33.0 Å². The number of urea groups is 1. The van der Waals surface area contributed by atoms with E-state index in [1.165, 1.54) is 0 Å². The monoisotopic (exact) mass is 246 g/mol. The average Bonchev–Trinajstić information content (AvgIpc) is 2.35. The van der Waals surface area contributed by atoms with E-state index < -0.39 is 12.0 Å². The highest BCUT2D eigenvalue weighted by molar-refractivity contribution is 5.80. The van der Waals surface area contributed by atoms with Crippen LogP contribution in [-0.4, -0.2) is 57.6 Å². The molecule has 98 valence electrons. The zero-order chi connectivity index (χ0) is 12.5. The Bertz CT molecular complexity index is 253. The first-order chi connectivity index (χ1) is 8.22. The average molecular weight is 246 g/mol. The van der Waals surface area contributed by atoms with Gasteiger partial charge in [0.2, 0.25) is 0 Å². The van der Waals surface area contributed by atoms with Gasteiger partial charge < -0.3 is 24.8 Å². The summed E-state index contributed by atoms with van der Waals surface area (Å²) in [5.74, 6) is -0.458. The fraction of sp³-hybridized carbons (Fsp3) is 0.800. The molecule has 0 aromatic heterocycles. The van der Waals surface area contributed by atoms with Crippen LogP contribution in [0.5, 0.6) is 0 Å². The van der Waals surface area contributed by atoms with Crippen molar-refractivity contribution in [2.75, 3.05) is 39.5 Å². The largest absolute Gasteiger partial charge is 0.465 e. The molecule has 0 saturated carbocycles. The first-order valence-electron chi connectivity index (χ1n) is 5.59. The van der Waals surface area contributed by atoms with Crippen LogP contribution in [-0.2, 0) is 19.0 Å². The van der Waals surface area contributed by atoms with E-state index in [2.05, 4.69) is 15.4 Å². The van der Waals surface area contributed by atoms with E-state index in [9.17, 15) is 9.59 Å². The fourth-order valence-corrected chi connectivity index (χ4v) is 1.29. The predicted octanol–water partition coefficient (Wildman–Crippen LogP) is -0.736. The van der Waals surface area contributed by atoms with Gasteiger partial charge >= 0.3 is 12.0 Å². The van der Waals surface area contributed by atoms with Gasteiger partial charge in [-0.15, -0.1) is 0 Å². The number of hydrogen-bond acceptors (Lipinski definition) is 5. The second-order valence-corrected chi connectivity index (χ2v) is 3.44. The number of carbonyl (C=O) groups is 2. The standard InChI is InChI=1S/C10H18N2O5/c1-2-16-9(13)6-12-10(14)11-5-8-7-15-3-4-17-8/h8H,2-7H2,1H3,(H2,11,12,14). The van der Waals surface area contributed by atoms with Gasteiger partial charge in [0.25, 0.3) is 0 Å². The van der Waals surface area contributed by atoms with Gasteiger partial charge in [0.1, 0.15) is 6.54 Å². The normalized spacial score (nSPS) is 19.5. The van der Waals surface area contributed by atoms with Gasteiger partial charge in [0.15, 0.2) is 0 Å². The number of esters is 1. The van der Waals surface area contributed by atoms with E-state index in [0.717, 1.165) is 0 Å². The zero-order valence-corrected chi connectivity index (χ0v) is 9.86. The van der Waals surface area contributed by atoms with Crippen LogP contribution in [0.1, 0.15) is 6.92 Å². The van der Waals surface area contributed by atoms with Gasteiger partial charge in [-0.3, -0.25) is 4.79 Å². The van der Waals surface area contributed by atoms with Crippen molar-refractivity contribution < 1.29 is 23.8 Å². The van der Waals surface area contributed by atoms with Crippen LogP contribution in [0.4, 0.5) is 4.79 Å². The molecule has 1 heterocycles. The lowest BCUT2D eigenvalue weighted by molar-refractivity contribution is -0.141. The highest BCUT2D eigenvalue weighted by Gasteiger charge is 2.15. The summed E-state index contributed by atoms with van der Waals surface area (Å²) in [5, 5.41) is 4.97. The molecule has 2 N–H and O–H groups in total. The van der Waals surface area contributed by atoms with Crippen molar-refractivity contribution in [3.63, 3.8) is 0 Å². The summed E-state index contributed by atoms with van der Waals surface area (Å²) < 4.78 is 15.2. The maximum absolute atomic E-state index is 11.3. The summed E-state index contributed by atoms with van der Waals surface area (Å²) in [6, 6.07) is -0.424. The molecule has 2 amide bonds. The minimum absolute atomic E-state index is 0.128. The quantitative estimate of drug-likeness (QED) is 0.624. The van der Waals surface area contributed by atoms with Crippen molar-refractivity contribution >= 4 is 12.0 Å². The molecule has 0 radical (unpaired) electrons. The second-order valence-electron chi connectivity index (χ2n) is 3.44. The summed E-state index contributed by atoms with van der Waals surface area (Å²) in [5.41, 5.74) is 0. The third kappa shape index (κ3) is 6.08. The molecule has 1 rings (SSSR count). The summed E-state index contributed by atoms with van der Waals surface area (Å²) >= 11 is 0. The molecular weight excluding hydrogens is 228 g/mol. The number of hydrogen-bond donors (Lipinski definition) is 2. The molecule has 0 aromatic carbocycles. The molecular formula is C10H18N2O5. The lowest BCUT2D eigenvalue weighted by atomic mass is 10.3. The molecule has 0 bridgehead atoms. The van der Waals surface area contributed by atoms with Crippen molar-refractivity contribution in [2.24, 2.45) is 0 Å². The molecule has 0 aliphatic carbocycles. The van der Waals surface area contributed by atoms with E-state index in [1.54, 1.807) is 6.92 Å². The van der Waals surface area contributed by atoms with Crippen molar-refractivity contribution in [3.8, 4) is 0 Å². The Morgan fingerprint density at radius 2 is 2.18 bits per heavy atom. The summed E-state index contributed by atoms with van der Waals surface area (Å²) in [4.78, 5) is 22.2. The van der Waals surface area contributed by atoms with Crippen LogP contribution in [0.3, 0.4) is 0 Å². The molecule has 1 saturated heterocycles. The number of carbonyl (C=O) groups excluding carboxylic acids is 2. The van der Waals surface area contributed by atoms with Crippen LogP contribution < -0.4 is 10.6 Å². The van der Waals surface area contributed by atoms with Crippen molar-refractivity contribution in [1.29, 1.82) is 0 Å². The maximum Gasteiger partial charge on any atom is 0.325 e. The van der Waals surface area contributed by atoms with Crippen LogP contribution in [0.2, 0.25) is 0 Å². The SMILES string of the molecule is CCOC(=O)CNC(=O)NCC1COCCO1. The summed E-state index contributed by atoms with van der Waals surface area (Å²) in [7, 11) is 0. The van der Waals surface area contributed by atoms with Gasteiger partial charge in [-0.1, -0.05) is 0 Å². The number of rotatable bonds is 5. The Labute approximate surface area is 99.8 Å². The zero-order valence-electron chi connectivity index (χ0n) is 9.86. The lowest BCUT2D eigenvalue weighted by Gasteiger charge is -2.23. The molecule has 1 aliphatic rings. The van der Waals surface area contributed by atoms with Gasteiger partial charge in [0, 0.05) is 6.54 Å². The summed E-state index contributed by atoms with van der Waals surface area (Å²) in [6.45, 7) is 3.82. The lowest BCUT2D eigenvalue weighted by Crippen LogP contribution is -2.45. The van der Waals surface area contributed by atoms with Crippen LogP contribution >= 0.6 is 0 Å². The minimum atomic E-state index is -0.458. The number of ether oxygens (including phenoxy) is 3. The Hall–Kier alpha value is -1.34. The van der Waals surface area contributed by atoms with Gasteiger partial charge in [-0.2, -0.15) is 0 Å². The number of nitrogens with one attached hydrogen (secondary N) is 2. The van der Waals surface area contributed by atoms with Crippen molar-refractivity contribution in [1.82, 2.24) is 10.6 Å². The maximum atomic E-state index is 11.3. The molecule has 1 unspecified atom stereocenters. The number of amides is 2. The van der Waals surface area contributed by atoms with Crippen LogP contribution in [0.25, 0.3) is 0 Å². The topological polar surface area (TPSA) is 85.9 Å². The fourth-order valence-electron chi connectivity index (χ4n) is 1.29. The minimum Gasteiger partial charge on any atom is -0.465 e. The first-order valence-corrected chi connectivity index (χ1v) is 5.59. The molecule has 1 fully saturated rings. The highest BCUT2D eigenvalue weighted by atomic mass is 16.6. The third-order valence-electron chi connectivity index (χ3n) is 2.07. The molecule has 1 atom stereocenters. The summed E-state index contributed by atoms with van der Waals surface area (Å²) in [6.07, 6.45) is -0.128. The molecule has 7 nitrogen and oxygen atoms in total. The van der Waals surface area contributed by atoms with E-state index in [4.69, 9.17) is 9.47 Å². The molecule has 7 heteroatoms. The van der Waals surface area contributed by atoms with Crippen LogP contribution in [0, 0.1) is 0 Å². The van der Waals surface area contributed by atoms with Gasteiger partial charge in [-0.05, 0) is 6.92 Å².